The molecule has 2 atom stereocenters. The molecule has 110 valence electrons. The monoisotopic (exact) mass is 277 g/mol. The zero-order valence-electron chi connectivity index (χ0n) is 12.1. The number of nitrogens with one attached hydrogen (secondary N) is 2. The number of nitrogens with two attached hydrogens (primary N) is 1. The lowest BCUT2D eigenvalue weighted by Crippen LogP contribution is -2.47. The van der Waals surface area contributed by atoms with Gasteiger partial charge >= 0.3 is 0 Å². The molecular weight excluding hydrogens is 254 g/mol. The molecule has 0 heterocycles. The summed E-state index contributed by atoms with van der Waals surface area (Å²) < 4.78 is 0. The molecule has 2 amide bonds. The summed E-state index contributed by atoms with van der Waals surface area (Å²) in [5, 5.41) is 5.40. The molecule has 0 aliphatic rings. The van der Waals surface area contributed by atoms with Crippen molar-refractivity contribution in [1.29, 1.82) is 0 Å². The van der Waals surface area contributed by atoms with E-state index in [-0.39, 0.29) is 11.8 Å². The third-order valence-corrected chi connectivity index (χ3v) is 3.02. The van der Waals surface area contributed by atoms with Crippen molar-refractivity contribution in [2.45, 2.75) is 38.8 Å². The van der Waals surface area contributed by atoms with Crippen LogP contribution in [0.3, 0.4) is 0 Å². The van der Waals surface area contributed by atoms with Crippen LogP contribution in [0.1, 0.15) is 38.3 Å². The fraction of sp³-hybridized carbons (Fsp3) is 0.467. The second kappa shape index (κ2) is 8.32. The topological polar surface area (TPSA) is 84.2 Å². The SMILES string of the molecule is CCCCNC(=O)[C@H](C)NC(=O)[C@H](N)c1ccccc1. The molecule has 0 unspecified atom stereocenters. The first-order chi connectivity index (χ1) is 9.56. The Morgan fingerprint density at radius 1 is 1.20 bits per heavy atom. The highest BCUT2D eigenvalue weighted by Gasteiger charge is 2.20. The third-order valence-electron chi connectivity index (χ3n) is 3.02. The maximum atomic E-state index is 12.0. The van der Waals surface area contributed by atoms with E-state index in [2.05, 4.69) is 17.6 Å². The molecule has 5 heteroatoms. The van der Waals surface area contributed by atoms with Crippen molar-refractivity contribution in [3.05, 3.63) is 35.9 Å². The van der Waals surface area contributed by atoms with Gasteiger partial charge in [-0.1, -0.05) is 43.7 Å². The van der Waals surface area contributed by atoms with E-state index < -0.39 is 12.1 Å². The molecule has 0 aliphatic heterocycles. The van der Waals surface area contributed by atoms with Crippen molar-refractivity contribution in [2.24, 2.45) is 5.73 Å². The summed E-state index contributed by atoms with van der Waals surface area (Å²) in [6.07, 6.45) is 1.94. The van der Waals surface area contributed by atoms with Gasteiger partial charge in [-0.2, -0.15) is 0 Å². The molecule has 20 heavy (non-hydrogen) atoms. The Kier molecular flexibility index (Phi) is 6.73. The number of rotatable bonds is 7. The first-order valence-electron chi connectivity index (χ1n) is 6.94. The minimum atomic E-state index is -0.762. The maximum Gasteiger partial charge on any atom is 0.242 e. The zero-order chi connectivity index (χ0) is 15.0. The molecular formula is C15H23N3O2. The summed E-state index contributed by atoms with van der Waals surface area (Å²) in [6.45, 7) is 4.33. The molecule has 1 rings (SSSR count). The summed E-state index contributed by atoms with van der Waals surface area (Å²) in [6, 6.07) is 7.73. The highest BCUT2D eigenvalue weighted by molar-refractivity contribution is 5.89. The highest BCUT2D eigenvalue weighted by Crippen LogP contribution is 2.09. The predicted octanol–water partition coefficient (Wildman–Crippen LogP) is 1.11. The molecule has 0 saturated heterocycles. The van der Waals surface area contributed by atoms with Crippen molar-refractivity contribution in [1.82, 2.24) is 10.6 Å². The molecule has 0 bridgehead atoms. The van der Waals surface area contributed by atoms with E-state index >= 15 is 0 Å². The van der Waals surface area contributed by atoms with Gasteiger partial charge in [0.2, 0.25) is 11.8 Å². The van der Waals surface area contributed by atoms with Gasteiger partial charge in [-0.3, -0.25) is 9.59 Å². The van der Waals surface area contributed by atoms with Gasteiger partial charge in [-0.15, -0.1) is 0 Å². The van der Waals surface area contributed by atoms with Crippen LogP contribution in [0.15, 0.2) is 30.3 Å². The van der Waals surface area contributed by atoms with Crippen molar-refractivity contribution < 1.29 is 9.59 Å². The summed E-state index contributed by atoms with van der Waals surface area (Å²) in [7, 11) is 0. The van der Waals surface area contributed by atoms with Gasteiger partial charge in [-0.25, -0.2) is 0 Å². The van der Waals surface area contributed by atoms with Crippen molar-refractivity contribution in [3.8, 4) is 0 Å². The molecule has 1 aromatic carbocycles. The Morgan fingerprint density at radius 3 is 2.45 bits per heavy atom. The summed E-state index contributed by atoms with van der Waals surface area (Å²) >= 11 is 0. The van der Waals surface area contributed by atoms with Crippen molar-refractivity contribution >= 4 is 11.8 Å². The quantitative estimate of drug-likeness (QED) is 0.653. The number of unbranched alkanes of at least 4 members (excludes halogenated alkanes) is 1. The van der Waals surface area contributed by atoms with Crippen molar-refractivity contribution in [3.63, 3.8) is 0 Å². The molecule has 0 saturated carbocycles. The van der Waals surface area contributed by atoms with Crippen molar-refractivity contribution in [2.75, 3.05) is 6.54 Å². The van der Waals surface area contributed by atoms with Crippen LogP contribution in [-0.4, -0.2) is 24.4 Å². The molecule has 0 radical (unpaired) electrons. The van der Waals surface area contributed by atoms with Gasteiger partial charge in [0.05, 0.1) is 0 Å². The largest absolute Gasteiger partial charge is 0.354 e. The molecule has 1 aromatic rings. The van der Waals surface area contributed by atoms with E-state index in [1.807, 2.05) is 18.2 Å². The molecule has 4 N–H and O–H groups in total. The fourth-order valence-electron chi connectivity index (χ4n) is 1.72. The number of carbonyl (C=O) groups excluding carboxylic acids is 2. The van der Waals surface area contributed by atoms with Gasteiger partial charge in [0.1, 0.15) is 12.1 Å². The molecule has 5 nitrogen and oxygen atoms in total. The van der Waals surface area contributed by atoms with Gasteiger partial charge < -0.3 is 16.4 Å². The standard InChI is InChI=1S/C15H23N3O2/c1-3-4-10-17-14(19)11(2)18-15(20)13(16)12-8-6-5-7-9-12/h5-9,11,13H,3-4,10,16H2,1-2H3,(H,17,19)(H,18,20)/t11-,13+/m0/s1. The summed E-state index contributed by atoms with van der Waals surface area (Å²) in [4.78, 5) is 23.7. The Bertz CT molecular complexity index is 434. The minimum Gasteiger partial charge on any atom is -0.354 e. The number of benzene rings is 1. The average Bonchev–Trinajstić information content (AvgIpc) is 2.47. The molecule has 0 aliphatic carbocycles. The lowest BCUT2D eigenvalue weighted by molar-refractivity contribution is -0.129. The molecule has 0 fully saturated rings. The first kappa shape index (κ1) is 16.2. The maximum absolute atomic E-state index is 12.0. The van der Waals surface area contributed by atoms with Crippen LogP contribution < -0.4 is 16.4 Å². The van der Waals surface area contributed by atoms with Gasteiger partial charge in [-0.05, 0) is 18.9 Å². The lowest BCUT2D eigenvalue weighted by Gasteiger charge is -2.17. The van der Waals surface area contributed by atoms with E-state index in [1.165, 1.54) is 0 Å². The summed E-state index contributed by atoms with van der Waals surface area (Å²) in [5.74, 6) is -0.540. The number of hydrogen-bond acceptors (Lipinski definition) is 3. The summed E-state index contributed by atoms with van der Waals surface area (Å²) in [5.41, 5.74) is 6.59. The number of carbonyl (C=O) groups is 2. The average molecular weight is 277 g/mol. The minimum absolute atomic E-state index is 0.188. The predicted molar refractivity (Wildman–Crippen MR) is 78.9 cm³/mol. The Balaban J connectivity index is 2.47. The Hall–Kier alpha value is -1.88. The van der Waals surface area contributed by atoms with Crippen LogP contribution in [0.2, 0.25) is 0 Å². The normalized spacial score (nSPS) is 13.3. The van der Waals surface area contributed by atoms with E-state index in [0.717, 1.165) is 18.4 Å². The van der Waals surface area contributed by atoms with Crippen LogP contribution in [0, 0.1) is 0 Å². The van der Waals surface area contributed by atoms with Crippen LogP contribution in [0.5, 0.6) is 0 Å². The van der Waals surface area contributed by atoms with E-state index in [1.54, 1.807) is 19.1 Å². The molecule has 0 spiro atoms. The van der Waals surface area contributed by atoms with Gasteiger partial charge in [0, 0.05) is 6.54 Å². The van der Waals surface area contributed by atoms with Crippen LogP contribution in [0.4, 0.5) is 0 Å². The van der Waals surface area contributed by atoms with E-state index in [4.69, 9.17) is 5.73 Å². The number of amides is 2. The van der Waals surface area contributed by atoms with Gasteiger partial charge in [0.15, 0.2) is 0 Å². The lowest BCUT2D eigenvalue weighted by atomic mass is 10.1. The number of hydrogen-bond donors (Lipinski definition) is 3. The van der Waals surface area contributed by atoms with Crippen LogP contribution in [0.25, 0.3) is 0 Å². The zero-order valence-corrected chi connectivity index (χ0v) is 12.1. The first-order valence-corrected chi connectivity index (χ1v) is 6.94. The second-order valence-electron chi connectivity index (χ2n) is 4.76. The van der Waals surface area contributed by atoms with Crippen LogP contribution in [-0.2, 0) is 9.59 Å². The fourth-order valence-corrected chi connectivity index (χ4v) is 1.72. The van der Waals surface area contributed by atoms with E-state index in [9.17, 15) is 9.59 Å². The molecule has 0 aromatic heterocycles. The highest BCUT2D eigenvalue weighted by atomic mass is 16.2. The second-order valence-corrected chi connectivity index (χ2v) is 4.76. The third kappa shape index (κ3) is 5.01. The van der Waals surface area contributed by atoms with Crippen LogP contribution >= 0.6 is 0 Å². The van der Waals surface area contributed by atoms with Gasteiger partial charge in [0.25, 0.3) is 0 Å². The Labute approximate surface area is 119 Å². The van der Waals surface area contributed by atoms with E-state index in [0.29, 0.717) is 6.54 Å². The smallest absolute Gasteiger partial charge is 0.242 e. The Morgan fingerprint density at radius 2 is 1.85 bits per heavy atom.